The first kappa shape index (κ1) is 14.7. The van der Waals surface area contributed by atoms with Crippen LogP contribution in [0, 0.1) is 13.8 Å². The van der Waals surface area contributed by atoms with Gasteiger partial charge in [0.05, 0.1) is 18.2 Å². The molecule has 1 atom stereocenters. The number of para-hydroxylation sites is 1. The molecule has 0 aromatic heterocycles. The van der Waals surface area contributed by atoms with E-state index < -0.39 is 0 Å². The fraction of sp³-hybridized carbons (Fsp3) is 0.500. The maximum absolute atomic E-state index is 12.6. The summed E-state index contributed by atoms with van der Waals surface area (Å²) >= 11 is 0. The Labute approximate surface area is 120 Å². The molecule has 1 aromatic rings. The minimum absolute atomic E-state index is 0.0869. The average molecular weight is 274 g/mol. The van der Waals surface area contributed by atoms with E-state index in [1.165, 1.54) is 4.90 Å². The van der Waals surface area contributed by atoms with Crippen LogP contribution in [0.4, 0.5) is 5.69 Å². The van der Waals surface area contributed by atoms with E-state index in [1.54, 1.807) is 0 Å². The summed E-state index contributed by atoms with van der Waals surface area (Å²) in [5, 5.41) is 0. The maximum Gasteiger partial charge on any atom is 0.251 e. The molecular formula is C16H22N2O2. The van der Waals surface area contributed by atoms with Gasteiger partial charge in [0, 0.05) is 0 Å². The Bertz CT molecular complexity index is 515. The van der Waals surface area contributed by atoms with E-state index in [1.807, 2.05) is 50.8 Å². The van der Waals surface area contributed by atoms with Gasteiger partial charge in [0.25, 0.3) is 5.91 Å². The van der Waals surface area contributed by atoms with Crippen molar-refractivity contribution in [2.75, 3.05) is 18.0 Å². The fourth-order valence-corrected chi connectivity index (χ4v) is 2.96. The van der Waals surface area contributed by atoms with Gasteiger partial charge in [-0.05, 0) is 38.1 Å². The molecule has 1 saturated heterocycles. The molecule has 4 heteroatoms. The highest BCUT2D eigenvalue weighted by atomic mass is 16.2. The van der Waals surface area contributed by atoms with Crippen molar-refractivity contribution in [2.45, 2.75) is 40.2 Å². The highest BCUT2D eigenvalue weighted by Gasteiger charge is 2.42. The summed E-state index contributed by atoms with van der Waals surface area (Å²) in [6, 6.07) is 5.51. The average Bonchev–Trinajstić information content (AvgIpc) is 2.68. The minimum Gasteiger partial charge on any atom is -0.292 e. The third kappa shape index (κ3) is 2.36. The van der Waals surface area contributed by atoms with Gasteiger partial charge in [-0.25, -0.2) is 4.90 Å². The van der Waals surface area contributed by atoms with Crippen LogP contribution in [0.2, 0.25) is 0 Å². The van der Waals surface area contributed by atoms with E-state index in [0.717, 1.165) is 29.9 Å². The standard InChI is InChI=1S/C16H22N2O2/c1-5-17(6-2)13-10-14(19)18(16(13)20)15-11(3)8-7-9-12(15)4/h7-9,13H,5-6,10H2,1-4H3/t13-/m0/s1. The Morgan fingerprint density at radius 1 is 1.15 bits per heavy atom. The summed E-state index contributed by atoms with van der Waals surface area (Å²) in [7, 11) is 0. The quantitative estimate of drug-likeness (QED) is 0.791. The zero-order valence-electron chi connectivity index (χ0n) is 12.6. The second kappa shape index (κ2) is 5.75. The molecule has 1 aliphatic rings. The van der Waals surface area contributed by atoms with Crippen molar-refractivity contribution < 1.29 is 9.59 Å². The summed E-state index contributed by atoms with van der Waals surface area (Å²) < 4.78 is 0. The number of aryl methyl sites for hydroxylation is 2. The summed E-state index contributed by atoms with van der Waals surface area (Å²) in [5.74, 6) is -0.180. The lowest BCUT2D eigenvalue weighted by Crippen LogP contribution is -2.42. The van der Waals surface area contributed by atoms with Crippen LogP contribution in [0.25, 0.3) is 0 Å². The molecule has 108 valence electrons. The number of carbonyl (C=O) groups excluding carboxylic acids is 2. The molecule has 2 amide bonds. The number of benzene rings is 1. The predicted molar refractivity (Wildman–Crippen MR) is 79.7 cm³/mol. The summed E-state index contributed by atoms with van der Waals surface area (Å²) in [6.45, 7) is 9.47. The Kier molecular flexibility index (Phi) is 4.23. The molecule has 0 bridgehead atoms. The molecule has 20 heavy (non-hydrogen) atoms. The number of hydrogen-bond donors (Lipinski definition) is 0. The van der Waals surface area contributed by atoms with E-state index in [0.29, 0.717) is 0 Å². The Morgan fingerprint density at radius 3 is 2.20 bits per heavy atom. The van der Waals surface area contributed by atoms with Gasteiger partial charge >= 0.3 is 0 Å². The topological polar surface area (TPSA) is 40.6 Å². The van der Waals surface area contributed by atoms with Crippen LogP contribution in [0.15, 0.2) is 18.2 Å². The van der Waals surface area contributed by atoms with Crippen LogP contribution in [-0.2, 0) is 9.59 Å². The van der Waals surface area contributed by atoms with E-state index in [4.69, 9.17) is 0 Å². The SMILES string of the molecule is CCN(CC)[C@H]1CC(=O)N(c2c(C)cccc2C)C1=O. The number of rotatable bonds is 4. The number of hydrogen-bond acceptors (Lipinski definition) is 3. The molecular weight excluding hydrogens is 252 g/mol. The molecule has 0 aliphatic carbocycles. The molecule has 1 fully saturated rings. The predicted octanol–water partition coefficient (Wildman–Crippen LogP) is 2.28. The minimum atomic E-state index is -0.309. The molecule has 0 saturated carbocycles. The molecule has 1 aliphatic heterocycles. The lowest BCUT2D eigenvalue weighted by Gasteiger charge is -2.25. The van der Waals surface area contributed by atoms with E-state index in [9.17, 15) is 9.59 Å². The Balaban J connectivity index is 2.39. The van der Waals surface area contributed by atoms with Crippen LogP contribution in [0.5, 0.6) is 0 Å². The van der Waals surface area contributed by atoms with Gasteiger partial charge in [0.2, 0.25) is 5.91 Å². The second-order valence-electron chi connectivity index (χ2n) is 5.25. The van der Waals surface area contributed by atoms with Crippen molar-refractivity contribution in [1.82, 2.24) is 4.90 Å². The van der Waals surface area contributed by atoms with Gasteiger partial charge in [-0.15, -0.1) is 0 Å². The van der Waals surface area contributed by atoms with Crippen LogP contribution in [-0.4, -0.2) is 35.8 Å². The monoisotopic (exact) mass is 274 g/mol. The molecule has 0 spiro atoms. The van der Waals surface area contributed by atoms with Crippen molar-refractivity contribution in [3.05, 3.63) is 29.3 Å². The van der Waals surface area contributed by atoms with Crippen LogP contribution >= 0.6 is 0 Å². The van der Waals surface area contributed by atoms with E-state index >= 15 is 0 Å². The zero-order valence-corrected chi connectivity index (χ0v) is 12.6. The smallest absolute Gasteiger partial charge is 0.251 e. The lowest BCUT2D eigenvalue weighted by molar-refractivity contribution is -0.122. The van der Waals surface area contributed by atoms with Gasteiger partial charge in [-0.2, -0.15) is 0 Å². The summed E-state index contributed by atoms with van der Waals surface area (Å²) in [6.07, 6.45) is 0.286. The molecule has 0 unspecified atom stereocenters. The van der Waals surface area contributed by atoms with Gasteiger partial charge < -0.3 is 0 Å². The highest BCUT2D eigenvalue weighted by Crippen LogP contribution is 2.30. The van der Waals surface area contributed by atoms with Crippen molar-refractivity contribution in [2.24, 2.45) is 0 Å². The molecule has 0 N–H and O–H groups in total. The number of nitrogens with zero attached hydrogens (tertiary/aromatic N) is 2. The summed E-state index contributed by atoms with van der Waals surface area (Å²) in [5.41, 5.74) is 2.69. The first-order chi connectivity index (χ1) is 9.51. The molecule has 4 nitrogen and oxygen atoms in total. The maximum atomic E-state index is 12.6. The van der Waals surface area contributed by atoms with Gasteiger partial charge in [-0.1, -0.05) is 32.0 Å². The van der Waals surface area contributed by atoms with Crippen LogP contribution in [0.3, 0.4) is 0 Å². The molecule has 1 heterocycles. The molecule has 0 radical (unpaired) electrons. The van der Waals surface area contributed by atoms with Crippen molar-refractivity contribution in [1.29, 1.82) is 0 Å². The number of likely N-dealkylation sites (N-methyl/N-ethyl adjacent to an activating group) is 1. The third-order valence-corrected chi connectivity index (χ3v) is 4.04. The van der Waals surface area contributed by atoms with E-state index in [-0.39, 0.29) is 24.3 Å². The Morgan fingerprint density at radius 2 is 1.70 bits per heavy atom. The van der Waals surface area contributed by atoms with Crippen LogP contribution < -0.4 is 4.90 Å². The van der Waals surface area contributed by atoms with Gasteiger partial charge in [0.15, 0.2) is 0 Å². The number of imide groups is 1. The van der Waals surface area contributed by atoms with Crippen LogP contribution in [0.1, 0.15) is 31.4 Å². The van der Waals surface area contributed by atoms with Crippen molar-refractivity contribution in [3.63, 3.8) is 0 Å². The van der Waals surface area contributed by atoms with Crippen molar-refractivity contribution in [3.8, 4) is 0 Å². The largest absolute Gasteiger partial charge is 0.292 e. The van der Waals surface area contributed by atoms with Crippen molar-refractivity contribution >= 4 is 17.5 Å². The molecule has 2 rings (SSSR count). The highest BCUT2D eigenvalue weighted by molar-refractivity contribution is 6.23. The third-order valence-electron chi connectivity index (χ3n) is 4.04. The number of amides is 2. The normalized spacial score (nSPS) is 19.2. The number of carbonyl (C=O) groups is 2. The van der Waals surface area contributed by atoms with E-state index in [2.05, 4.69) is 0 Å². The second-order valence-corrected chi connectivity index (χ2v) is 5.25. The van der Waals surface area contributed by atoms with Gasteiger partial charge in [0.1, 0.15) is 0 Å². The Hall–Kier alpha value is -1.68. The fourth-order valence-electron chi connectivity index (χ4n) is 2.96. The first-order valence-corrected chi connectivity index (χ1v) is 7.18. The zero-order chi connectivity index (χ0) is 14.9. The first-order valence-electron chi connectivity index (χ1n) is 7.18. The summed E-state index contributed by atoms with van der Waals surface area (Å²) in [4.78, 5) is 28.4. The number of anilines is 1. The lowest BCUT2D eigenvalue weighted by atomic mass is 10.1. The van der Waals surface area contributed by atoms with Gasteiger partial charge in [-0.3, -0.25) is 14.5 Å². The molecule has 1 aromatic carbocycles.